The van der Waals surface area contributed by atoms with Gasteiger partial charge in [0.05, 0.1) is 0 Å². The zero-order valence-corrected chi connectivity index (χ0v) is 20.2. The molecule has 0 atom stereocenters. The zero-order valence-electron chi connectivity index (χ0n) is 18.2. The zero-order chi connectivity index (χ0) is 20.4. The average Bonchev–Trinajstić information content (AvgIpc) is 2.43. The molecule has 0 radical (unpaired) electrons. The molecule has 1 aromatic rings. The lowest BCUT2D eigenvalue weighted by molar-refractivity contribution is -0.129. The molecule has 0 aliphatic carbocycles. The molecule has 0 bridgehead atoms. The predicted molar refractivity (Wildman–Crippen MR) is 117 cm³/mol. The molecule has 146 valence electrons. The van der Waals surface area contributed by atoms with Crippen LogP contribution in [0.1, 0.15) is 47.1 Å². The maximum Gasteiger partial charge on any atom is 0.317 e. The molecule has 0 saturated carbocycles. The van der Waals surface area contributed by atoms with Crippen LogP contribution >= 0.6 is 0 Å². The molecule has 1 rings (SSSR count). The van der Waals surface area contributed by atoms with Gasteiger partial charge in [-0.05, 0) is 60.0 Å². The summed E-state index contributed by atoms with van der Waals surface area (Å²) in [6, 6.07) is 7.88. The number of hydrogen-bond acceptors (Lipinski definition) is 3. The van der Waals surface area contributed by atoms with Crippen LogP contribution in [0, 0.1) is 0 Å². The number of benzene rings is 1. The second-order valence-corrected chi connectivity index (χ2v) is 19.4. The molecular formula is C21H36O3Si2. The molecule has 3 nitrogen and oxygen atoms in total. The number of carbonyl (C=O) groups excluding carboxylic acids is 1. The van der Waals surface area contributed by atoms with Crippen LogP contribution in [-0.4, -0.2) is 22.6 Å². The maximum atomic E-state index is 12.2. The van der Waals surface area contributed by atoms with Crippen molar-refractivity contribution in [2.75, 3.05) is 0 Å². The van der Waals surface area contributed by atoms with Gasteiger partial charge in [0.1, 0.15) is 5.75 Å². The van der Waals surface area contributed by atoms with Crippen molar-refractivity contribution in [3.05, 3.63) is 35.9 Å². The van der Waals surface area contributed by atoms with Crippen molar-refractivity contribution in [3.8, 4) is 5.75 Å². The predicted octanol–water partition coefficient (Wildman–Crippen LogP) is 6.63. The molecule has 0 spiro atoms. The van der Waals surface area contributed by atoms with Gasteiger partial charge in [-0.25, -0.2) is 4.79 Å². The first-order valence-electron chi connectivity index (χ1n) is 9.25. The lowest BCUT2D eigenvalue weighted by Crippen LogP contribution is -2.43. The van der Waals surface area contributed by atoms with Crippen LogP contribution in [0.15, 0.2) is 30.3 Å². The lowest BCUT2D eigenvalue weighted by atomic mass is 10.2. The second kappa shape index (κ2) is 7.73. The number of rotatable bonds is 5. The molecule has 0 heterocycles. The topological polar surface area (TPSA) is 35.5 Å². The van der Waals surface area contributed by atoms with Crippen molar-refractivity contribution in [1.82, 2.24) is 0 Å². The molecular weight excluding hydrogens is 356 g/mol. The minimum Gasteiger partial charge on any atom is -0.544 e. The second-order valence-electron chi connectivity index (χ2n) is 9.95. The van der Waals surface area contributed by atoms with Crippen molar-refractivity contribution < 1.29 is 13.6 Å². The van der Waals surface area contributed by atoms with Gasteiger partial charge in [-0.2, -0.15) is 0 Å². The summed E-state index contributed by atoms with van der Waals surface area (Å²) in [6.07, 6.45) is 3.32. The summed E-state index contributed by atoms with van der Waals surface area (Å²) in [5.41, 5.74) is 0.958. The minimum atomic E-state index is -2.08. The van der Waals surface area contributed by atoms with E-state index >= 15 is 0 Å². The van der Waals surface area contributed by atoms with E-state index < -0.39 is 16.6 Å². The smallest absolute Gasteiger partial charge is 0.317 e. The number of hydrogen-bond donors (Lipinski definition) is 0. The SMILES string of the molecule is CC(C)(C)[Si](C)(C)OC(=O)C=Cc1ccc(O[Si](C)(C)C(C)(C)C)cc1. The normalized spacial score (nSPS) is 13.8. The van der Waals surface area contributed by atoms with Crippen LogP contribution in [0.3, 0.4) is 0 Å². The Hall–Kier alpha value is -1.34. The van der Waals surface area contributed by atoms with E-state index in [2.05, 4.69) is 67.7 Å². The summed E-state index contributed by atoms with van der Waals surface area (Å²) in [5.74, 6) is 0.621. The molecule has 0 N–H and O–H groups in total. The van der Waals surface area contributed by atoms with Gasteiger partial charge in [0.25, 0.3) is 8.32 Å². The van der Waals surface area contributed by atoms with Crippen molar-refractivity contribution in [3.63, 3.8) is 0 Å². The summed E-state index contributed by atoms with van der Waals surface area (Å²) < 4.78 is 12.0. The average molecular weight is 393 g/mol. The van der Waals surface area contributed by atoms with Gasteiger partial charge < -0.3 is 8.85 Å². The first kappa shape index (κ1) is 22.7. The summed E-state index contributed by atoms with van der Waals surface area (Å²) >= 11 is 0. The molecule has 0 saturated heterocycles. The fourth-order valence-corrected chi connectivity index (χ4v) is 3.61. The first-order chi connectivity index (χ1) is 11.6. The van der Waals surface area contributed by atoms with Crippen molar-refractivity contribution in [1.29, 1.82) is 0 Å². The maximum absolute atomic E-state index is 12.2. The first-order valence-corrected chi connectivity index (χ1v) is 15.1. The van der Waals surface area contributed by atoms with Crippen LogP contribution in [-0.2, 0) is 9.22 Å². The van der Waals surface area contributed by atoms with Crippen LogP contribution in [0.25, 0.3) is 6.08 Å². The van der Waals surface area contributed by atoms with E-state index in [9.17, 15) is 4.79 Å². The third-order valence-corrected chi connectivity index (χ3v) is 14.3. The minimum absolute atomic E-state index is 0.0131. The van der Waals surface area contributed by atoms with Crippen LogP contribution in [0.4, 0.5) is 0 Å². The quantitative estimate of drug-likeness (QED) is 0.416. The van der Waals surface area contributed by atoms with Gasteiger partial charge in [0.15, 0.2) is 0 Å². The third kappa shape index (κ3) is 6.13. The molecule has 0 fully saturated rings. The molecule has 0 aliphatic heterocycles. The highest BCUT2D eigenvalue weighted by atomic mass is 28.4. The van der Waals surface area contributed by atoms with Crippen molar-refractivity contribution in [2.45, 2.75) is 77.8 Å². The van der Waals surface area contributed by atoms with E-state index in [1.807, 2.05) is 24.3 Å². The highest BCUT2D eigenvalue weighted by Crippen LogP contribution is 2.38. The van der Waals surface area contributed by atoms with Gasteiger partial charge in [0.2, 0.25) is 8.32 Å². The van der Waals surface area contributed by atoms with E-state index in [4.69, 9.17) is 8.85 Å². The van der Waals surface area contributed by atoms with Gasteiger partial charge in [-0.15, -0.1) is 0 Å². The van der Waals surface area contributed by atoms with Crippen LogP contribution < -0.4 is 4.43 Å². The highest BCUT2D eigenvalue weighted by molar-refractivity contribution is 6.75. The van der Waals surface area contributed by atoms with Gasteiger partial charge >= 0.3 is 5.97 Å². The molecule has 26 heavy (non-hydrogen) atoms. The Balaban J connectivity index is 2.76. The van der Waals surface area contributed by atoms with Crippen molar-refractivity contribution in [2.24, 2.45) is 0 Å². The molecule has 0 aromatic heterocycles. The summed E-state index contributed by atoms with van der Waals surface area (Å²) in [5, 5.41) is 0.179. The van der Waals surface area contributed by atoms with Gasteiger partial charge in [0, 0.05) is 6.08 Å². The standard InChI is InChI=1S/C21H36O3Si2/c1-20(2,3)25(7,8)23-18-14-11-17(12-15-18)13-16-19(22)24-26(9,10)21(4,5)6/h11-16H,1-10H3. The van der Waals surface area contributed by atoms with Gasteiger partial charge in [-0.1, -0.05) is 53.7 Å². The Kier molecular flexibility index (Phi) is 6.75. The largest absolute Gasteiger partial charge is 0.544 e. The molecule has 0 aliphatic rings. The molecule has 0 amide bonds. The summed E-state index contributed by atoms with van der Waals surface area (Å²) in [4.78, 5) is 12.2. The Bertz CT molecular complexity index is 645. The molecule has 0 unspecified atom stereocenters. The Morgan fingerprint density at radius 1 is 0.846 bits per heavy atom. The van der Waals surface area contributed by atoms with Gasteiger partial charge in [-0.3, -0.25) is 0 Å². The number of carbonyl (C=O) groups is 1. The van der Waals surface area contributed by atoms with E-state index in [1.54, 1.807) is 6.08 Å². The van der Waals surface area contributed by atoms with E-state index in [-0.39, 0.29) is 16.0 Å². The van der Waals surface area contributed by atoms with E-state index in [0.29, 0.717) is 0 Å². The Morgan fingerprint density at radius 3 is 1.73 bits per heavy atom. The highest BCUT2D eigenvalue weighted by Gasteiger charge is 2.40. The van der Waals surface area contributed by atoms with Crippen molar-refractivity contribution >= 4 is 28.7 Å². The van der Waals surface area contributed by atoms with E-state index in [0.717, 1.165) is 11.3 Å². The summed E-state index contributed by atoms with van der Waals surface area (Å²) in [6.45, 7) is 21.7. The summed E-state index contributed by atoms with van der Waals surface area (Å²) in [7, 11) is -3.91. The van der Waals surface area contributed by atoms with Crippen LogP contribution in [0.2, 0.25) is 36.3 Å². The third-order valence-electron chi connectivity index (χ3n) is 5.63. The Labute approximate surface area is 162 Å². The fourth-order valence-electron chi connectivity index (χ4n) is 1.70. The monoisotopic (exact) mass is 392 g/mol. The fraction of sp³-hybridized carbons (Fsp3) is 0.571. The molecule has 1 aromatic carbocycles. The molecule has 5 heteroatoms. The lowest BCUT2D eigenvalue weighted by Gasteiger charge is -2.36. The van der Waals surface area contributed by atoms with Crippen LogP contribution in [0.5, 0.6) is 5.75 Å². The Morgan fingerprint density at radius 2 is 1.31 bits per heavy atom. The van der Waals surface area contributed by atoms with E-state index in [1.165, 1.54) is 6.08 Å².